The summed E-state index contributed by atoms with van der Waals surface area (Å²) in [5.74, 6) is -0.591. The van der Waals surface area contributed by atoms with E-state index in [1.54, 1.807) is 11.6 Å². The van der Waals surface area contributed by atoms with Crippen LogP contribution in [0.25, 0.3) is 11.2 Å². The van der Waals surface area contributed by atoms with Gasteiger partial charge in [0.05, 0.1) is 28.5 Å². The number of nitrogens with zero attached hydrogens (tertiary/aromatic N) is 5. The van der Waals surface area contributed by atoms with Gasteiger partial charge in [0.2, 0.25) is 5.95 Å². The lowest BCUT2D eigenvalue weighted by Gasteiger charge is -2.22. The van der Waals surface area contributed by atoms with Crippen molar-refractivity contribution in [1.82, 2.24) is 19.1 Å². The summed E-state index contributed by atoms with van der Waals surface area (Å²) in [5, 5.41) is 11.7. The molecule has 1 aliphatic rings. The van der Waals surface area contributed by atoms with E-state index in [4.69, 9.17) is 21.6 Å². The van der Waals surface area contributed by atoms with Crippen LogP contribution in [0.15, 0.2) is 23.1 Å². The van der Waals surface area contributed by atoms with Gasteiger partial charge in [-0.1, -0.05) is 11.6 Å². The minimum absolute atomic E-state index is 0.0251. The molecule has 3 heterocycles. The lowest BCUT2D eigenvalue weighted by atomic mass is 10.1. The first-order valence-corrected chi connectivity index (χ1v) is 9.05. The van der Waals surface area contributed by atoms with E-state index in [9.17, 15) is 9.18 Å². The highest BCUT2D eigenvalue weighted by Gasteiger charge is 2.23. The molecule has 4 rings (SSSR count). The van der Waals surface area contributed by atoms with E-state index in [2.05, 4.69) is 15.3 Å². The Labute approximate surface area is 164 Å². The van der Waals surface area contributed by atoms with Gasteiger partial charge in [-0.15, -0.1) is 0 Å². The molecule has 1 aromatic carbocycles. The molecule has 0 unspecified atom stereocenters. The Kier molecular flexibility index (Phi) is 4.75. The highest BCUT2D eigenvalue weighted by atomic mass is 35.5. The molecule has 0 atom stereocenters. The molecule has 0 spiro atoms. The molecule has 2 aromatic heterocycles. The summed E-state index contributed by atoms with van der Waals surface area (Å²) in [6.07, 6.45) is 2.93. The van der Waals surface area contributed by atoms with Gasteiger partial charge in [0.1, 0.15) is 11.3 Å². The van der Waals surface area contributed by atoms with Gasteiger partial charge in [-0.3, -0.25) is 9.13 Å². The second-order valence-corrected chi connectivity index (χ2v) is 6.92. The van der Waals surface area contributed by atoms with Crippen molar-refractivity contribution >= 4 is 34.4 Å². The molecule has 144 valence electrons. The summed E-state index contributed by atoms with van der Waals surface area (Å²) in [4.78, 5) is 21.3. The zero-order valence-electron chi connectivity index (χ0n) is 14.9. The van der Waals surface area contributed by atoms with Gasteiger partial charge in [-0.2, -0.15) is 10.2 Å². The van der Waals surface area contributed by atoms with Crippen LogP contribution in [0.3, 0.4) is 0 Å². The van der Waals surface area contributed by atoms with Crippen molar-refractivity contribution in [1.29, 1.82) is 5.26 Å². The summed E-state index contributed by atoms with van der Waals surface area (Å²) >= 11 is 6.08. The fourth-order valence-electron chi connectivity index (χ4n) is 3.34. The third kappa shape index (κ3) is 3.10. The smallest absolute Gasteiger partial charge is 0.330 e. The van der Waals surface area contributed by atoms with Crippen LogP contribution in [0, 0.1) is 17.1 Å². The van der Waals surface area contributed by atoms with E-state index in [-0.39, 0.29) is 34.0 Å². The van der Waals surface area contributed by atoms with Gasteiger partial charge in [0.25, 0.3) is 0 Å². The van der Waals surface area contributed by atoms with E-state index >= 15 is 0 Å². The quantitative estimate of drug-likeness (QED) is 0.723. The Bertz CT molecular complexity index is 1140. The van der Waals surface area contributed by atoms with Crippen molar-refractivity contribution in [3.63, 3.8) is 0 Å². The first-order chi connectivity index (χ1) is 13.5. The van der Waals surface area contributed by atoms with Gasteiger partial charge in [-0.05, 0) is 25.0 Å². The summed E-state index contributed by atoms with van der Waals surface area (Å²) in [7, 11) is 1.66. The zero-order valence-corrected chi connectivity index (χ0v) is 15.7. The Balaban J connectivity index is 1.78. The normalized spacial score (nSPS) is 14.9. The number of hydrogen-bond donors (Lipinski definition) is 1. The number of nitriles is 1. The Hall–Kier alpha value is -2.96. The maximum Gasteiger partial charge on any atom is 0.330 e. The lowest BCUT2D eigenvalue weighted by Crippen LogP contribution is -2.30. The molecule has 0 saturated carbocycles. The highest BCUT2D eigenvalue weighted by molar-refractivity contribution is 6.33. The fraction of sp³-hybridized carbons (Fsp3) is 0.333. The number of fused-ring (bicyclic) bond motifs is 1. The van der Waals surface area contributed by atoms with Crippen LogP contribution < -0.4 is 11.0 Å². The molecular weight excluding hydrogens is 387 g/mol. The summed E-state index contributed by atoms with van der Waals surface area (Å²) in [6, 6.07) is 4.25. The average Bonchev–Trinajstić information content (AvgIpc) is 2.95. The molecule has 1 N–H and O–H groups in total. The van der Waals surface area contributed by atoms with Crippen molar-refractivity contribution in [2.75, 3.05) is 18.5 Å². The van der Waals surface area contributed by atoms with Crippen molar-refractivity contribution < 1.29 is 9.13 Å². The van der Waals surface area contributed by atoms with E-state index in [1.165, 1.54) is 16.8 Å². The highest BCUT2D eigenvalue weighted by Crippen LogP contribution is 2.29. The number of nitrogens with one attached hydrogen (secondary N) is 1. The predicted molar refractivity (Wildman–Crippen MR) is 101 cm³/mol. The van der Waals surface area contributed by atoms with E-state index < -0.39 is 5.82 Å². The summed E-state index contributed by atoms with van der Waals surface area (Å²) in [5.41, 5.74) is 0.934. The van der Waals surface area contributed by atoms with Gasteiger partial charge in [0.15, 0.2) is 5.65 Å². The topological polar surface area (TPSA) is 97.8 Å². The van der Waals surface area contributed by atoms with Crippen molar-refractivity contribution in [3.8, 4) is 6.07 Å². The second-order valence-electron chi connectivity index (χ2n) is 6.51. The molecule has 0 radical (unpaired) electrons. The molecule has 1 fully saturated rings. The molecule has 3 aromatic rings. The molecule has 0 bridgehead atoms. The Morgan fingerprint density at radius 3 is 2.82 bits per heavy atom. The molecule has 28 heavy (non-hydrogen) atoms. The number of imidazole rings is 1. The Morgan fingerprint density at radius 1 is 1.39 bits per heavy atom. The number of benzene rings is 1. The average molecular weight is 403 g/mol. The largest absolute Gasteiger partial charge is 0.381 e. The first kappa shape index (κ1) is 18.4. The second kappa shape index (κ2) is 7.22. The number of rotatable bonds is 3. The molecule has 1 saturated heterocycles. The number of aryl methyl sites for hydroxylation is 1. The Morgan fingerprint density at radius 2 is 2.14 bits per heavy atom. The van der Waals surface area contributed by atoms with Crippen LogP contribution >= 0.6 is 11.6 Å². The standard InChI is InChI=1S/C18H16ClFN6O2/c1-25-14-9-22-17(23-15-12(19)6-10(8-21)7-13(15)20)24-16(14)26(18(25)27)11-2-4-28-5-3-11/h6-7,9,11H,2-5H2,1H3,(H,22,23,24). The maximum atomic E-state index is 14.3. The number of hydrogen-bond acceptors (Lipinski definition) is 6. The van der Waals surface area contributed by atoms with Gasteiger partial charge < -0.3 is 10.1 Å². The number of halogens is 2. The fourth-order valence-corrected chi connectivity index (χ4v) is 3.59. The van der Waals surface area contributed by atoms with Gasteiger partial charge in [-0.25, -0.2) is 14.2 Å². The van der Waals surface area contributed by atoms with Crippen LogP contribution in [0.1, 0.15) is 24.4 Å². The maximum absolute atomic E-state index is 14.3. The summed E-state index contributed by atoms with van der Waals surface area (Å²) < 4.78 is 22.8. The van der Waals surface area contributed by atoms with Crippen molar-refractivity contribution in [2.24, 2.45) is 7.05 Å². The van der Waals surface area contributed by atoms with Crippen LogP contribution in [-0.4, -0.2) is 32.3 Å². The molecular formula is C18H16ClFN6O2. The molecule has 10 heteroatoms. The molecule has 0 aliphatic carbocycles. The van der Waals surface area contributed by atoms with Crippen molar-refractivity contribution in [2.45, 2.75) is 18.9 Å². The zero-order chi connectivity index (χ0) is 19.8. The van der Waals surface area contributed by atoms with Crippen LogP contribution in [0.2, 0.25) is 5.02 Å². The van der Waals surface area contributed by atoms with Gasteiger partial charge in [0, 0.05) is 26.3 Å². The third-order valence-electron chi connectivity index (χ3n) is 4.80. The number of ether oxygens (including phenoxy) is 1. The summed E-state index contributed by atoms with van der Waals surface area (Å²) in [6.45, 7) is 1.16. The van der Waals surface area contributed by atoms with E-state index in [0.29, 0.717) is 37.2 Å². The number of aromatic nitrogens is 4. The van der Waals surface area contributed by atoms with Crippen LogP contribution in [0.5, 0.6) is 0 Å². The minimum atomic E-state index is -0.692. The van der Waals surface area contributed by atoms with E-state index in [0.717, 1.165) is 6.07 Å². The molecule has 0 amide bonds. The third-order valence-corrected chi connectivity index (χ3v) is 5.09. The van der Waals surface area contributed by atoms with E-state index in [1.807, 2.05) is 6.07 Å². The molecule has 1 aliphatic heterocycles. The lowest BCUT2D eigenvalue weighted by molar-refractivity contribution is 0.0695. The molecule has 8 nitrogen and oxygen atoms in total. The van der Waals surface area contributed by atoms with Crippen LogP contribution in [-0.2, 0) is 11.8 Å². The van der Waals surface area contributed by atoms with Crippen molar-refractivity contribution in [3.05, 3.63) is 45.2 Å². The predicted octanol–water partition coefficient (Wildman–Crippen LogP) is 2.89. The SMILES string of the molecule is Cn1c(=O)n(C2CCOCC2)c2nc(Nc3c(F)cc(C#N)cc3Cl)ncc21. The van der Waals surface area contributed by atoms with Gasteiger partial charge >= 0.3 is 5.69 Å². The first-order valence-electron chi connectivity index (χ1n) is 8.67. The van der Waals surface area contributed by atoms with Crippen LogP contribution in [0.4, 0.5) is 16.0 Å². The monoisotopic (exact) mass is 402 g/mol. The number of anilines is 2. The minimum Gasteiger partial charge on any atom is -0.381 e.